The summed E-state index contributed by atoms with van der Waals surface area (Å²) < 4.78 is 33.4. The van der Waals surface area contributed by atoms with Crippen LogP contribution in [0.3, 0.4) is 0 Å². The summed E-state index contributed by atoms with van der Waals surface area (Å²) in [6, 6.07) is 16.7. The van der Waals surface area contributed by atoms with E-state index in [-0.39, 0.29) is 4.90 Å². The smallest absolute Gasteiger partial charge is 0.262 e. The number of hydrogen-bond acceptors (Lipinski definition) is 3. The average Bonchev–Trinajstić information content (AvgIpc) is 2.56. The van der Waals surface area contributed by atoms with E-state index in [4.69, 9.17) is 4.74 Å². The lowest BCUT2D eigenvalue weighted by Gasteiger charge is -2.14. The highest BCUT2D eigenvalue weighted by Gasteiger charge is 2.19. The molecule has 0 unspecified atom stereocenters. The van der Waals surface area contributed by atoms with Gasteiger partial charge in [0.05, 0.1) is 12.0 Å². The van der Waals surface area contributed by atoms with Crippen molar-refractivity contribution in [1.82, 2.24) is 0 Å². The van der Waals surface area contributed by atoms with Crippen LogP contribution in [0.2, 0.25) is 0 Å². The Balaban J connectivity index is 2.00. The minimum Gasteiger partial charge on any atom is -0.496 e. The lowest BCUT2D eigenvalue weighted by Crippen LogP contribution is -2.14. The van der Waals surface area contributed by atoms with Gasteiger partial charge in [-0.25, -0.2) is 8.42 Å². The minimum absolute atomic E-state index is 0.258. The van der Waals surface area contributed by atoms with Crippen LogP contribution in [0.5, 0.6) is 5.75 Å². The van der Waals surface area contributed by atoms with Gasteiger partial charge in [0.1, 0.15) is 5.75 Å². The first kappa shape index (κ1) is 16.3. The van der Waals surface area contributed by atoms with Crippen LogP contribution < -0.4 is 9.46 Å². The van der Waals surface area contributed by atoms with Gasteiger partial charge in [0, 0.05) is 5.69 Å². The Morgan fingerprint density at radius 2 is 1.58 bits per heavy atom. The molecule has 3 aromatic carbocycles. The molecule has 3 aromatic rings. The summed E-state index contributed by atoms with van der Waals surface area (Å²) in [7, 11) is -2.09. The third-order valence-electron chi connectivity index (χ3n) is 3.98. The van der Waals surface area contributed by atoms with Crippen LogP contribution in [0.25, 0.3) is 10.8 Å². The molecular formula is C19H19NO3S. The van der Waals surface area contributed by atoms with Gasteiger partial charge < -0.3 is 4.74 Å². The Labute approximate surface area is 142 Å². The summed E-state index contributed by atoms with van der Waals surface area (Å²) in [5, 5.41) is 2.05. The monoisotopic (exact) mass is 341 g/mol. The number of aryl methyl sites for hydroxylation is 2. The first-order valence-electron chi connectivity index (χ1n) is 7.57. The van der Waals surface area contributed by atoms with Crippen LogP contribution in [-0.4, -0.2) is 15.5 Å². The molecule has 3 rings (SSSR count). The number of anilines is 1. The summed E-state index contributed by atoms with van der Waals surface area (Å²) in [4.78, 5) is 0.258. The zero-order valence-electron chi connectivity index (χ0n) is 13.8. The van der Waals surface area contributed by atoms with E-state index in [1.807, 2.05) is 43.3 Å². The van der Waals surface area contributed by atoms with E-state index >= 15 is 0 Å². The van der Waals surface area contributed by atoms with E-state index in [9.17, 15) is 8.42 Å². The van der Waals surface area contributed by atoms with E-state index in [0.29, 0.717) is 17.0 Å². The van der Waals surface area contributed by atoms with Gasteiger partial charge in [0.2, 0.25) is 0 Å². The summed E-state index contributed by atoms with van der Waals surface area (Å²) >= 11 is 0. The highest BCUT2D eigenvalue weighted by molar-refractivity contribution is 7.92. The Bertz CT molecular complexity index is 1010. The zero-order valence-corrected chi connectivity index (χ0v) is 14.6. The standard InChI is InChI=1S/C19H19NO3S/c1-13-11-19(14(2)10-18(13)23-3)24(21,22)20-17-9-8-15-6-4-5-7-16(15)12-17/h4-12,20H,1-3H3. The lowest BCUT2D eigenvalue weighted by atomic mass is 10.1. The molecule has 24 heavy (non-hydrogen) atoms. The van der Waals surface area contributed by atoms with Gasteiger partial charge in [-0.05, 0) is 60.0 Å². The Kier molecular flexibility index (Phi) is 4.20. The molecule has 0 aliphatic heterocycles. The number of benzene rings is 3. The van der Waals surface area contributed by atoms with Crippen LogP contribution in [0, 0.1) is 13.8 Å². The molecule has 0 aromatic heterocycles. The highest BCUT2D eigenvalue weighted by Crippen LogP contribution is 2.28. The van der Waals surface area contributed by atoms with E-state index in [1.54, 1.807) is 32.2 Å². The van der Waals surface area contributed by atoms with Gasteiger partial charge in [-0.1, -0.05) is 30.3 Å². The van der Waals surface area contributed by atoms with Gasteiger partial charge in [0.25, 0.3) is 10.0 Å². The first-order valence-corrected chi connectivity index (χ1v) is 9.06. The van der Waals surface area contributed by atoms with Crippen LogP contribution in [0.1, 0.15) is 11.1 Å². The molecule has 124 valence electrons. The number of methoxy groups -OCH3 is 1. The summed E-state index contributed by atoms with van der Waals surface area (Å²) in [6.45, 7) is 3.59. The van der Waals surface area contributed by atoms with Crippen molar-refractivity contribution in [1.29, 1.82) is 0 Å². The fraction of sp³-hybridized carbons (Fsp3) is 0.158. The van der Waals surface area contributed by atoms with Crippen molar-refractivity contribution in [2.24, 2.45) is 0 Å². The second-order valence-corrected chi connectivity index (χ2v) is 7.41. The van der Waals surface area contributed by atoms with E-state index in [0.717, 1.165) is 16.3 Å². The molecule has 1 N–H and O–H groups in total. The van der Waals surface area contributed by atoms with Crippen LogP contribution in [0.4, 0.5) is 5.69 Å². The van der Waals surface area contributed by atoms with Gasteiger partial charge in [-0.3, -0.25) is 4.72 Å². The molecule has 0 saturated heterocycles. The van der Waals surface area contributed by atoms with Crippen LogP contribution in [-0.2, 0) is 10.0 Å². The Hall–Kier alpha value is -2.53. The normalized spacial score (nSPS) is 11.5. The molecule has 0 fully saturated rings. The highest BCUT2D eigenvalue weighted by atomic mass is 32.2. The van der Waals surface area contributed by atoms with Gasteiger partial charge >= 0.3 is 0 Å². The molecule has 4 nitrogen and oxygen atoms in total. The average molecular weight is 341 g/mol. The van der Waals surface area contributed by atoms with Crippen molar-refractivity contribution in [3.63, 3.8) is 0 Å². The van der Waals surface area contributed by atoms with E-state index in [1.165, 1.54) is 0 Å². The Morgan fingerprint density at radius 3 is 2.29 bits per heavy atom. The van der Waals surface area contributed by atoms with Gasteiger partial charge in [-0.2, -0.15) is 0 Å². The van der Waals surface area contributed by atoms with Gasteiger partial charge in [-0.15, -0.1) is 0 Å². The summed E-state index contributed by atoms with van der Waals surface area (Å²) in [5.41, 5.74) is 1.97. The van der Waals surface area contributed by atoms with Crippen molar-refractivity contribution >= 4 is 26.5 Å². The fourth-order valence-corrected chi connectivity index (χ4v) is 4.10. The molecule has 0 saturated carbocycles. The maximum atomic E-state index is 12.8. The molecule has 0 atom stereocenters. The second-order valence-electron chi connectivity index (χ2n) is 5.75. The number of rotatable bonds is 4. The van der Waals surface area contributed by atoms with Crippen LogP contribution >= 0.6 is 0 Å². The zero-order chi connectivity index (χ0) is 17.3. The lowest BCUT2D eigenvalue weighted by molar-refractivity contribution is 0.411. The molecule has 0 aliphatic rings. The number of nitrogens with one attached hydrogen (secondary N) is 1. The van der Waals surface area contributed by atoms with Crippen LogP contribution in [0.15, 0.2) is 59.5 Å². The SMILES string of the molecule is COc1cc(C)c(S(=O)(=O)Nc2ccc3ccccc3c2)cc1C. The number of fused-ring (bicyclic) bond motifs is 1. The number of sulfonamides is 1. The molecule has 0 amide bonds. The first-order chi connectivity index (χ1) is 11.4. The van der Waals surface area contributed by atoms with Crippen molar-refractivity contribution < 1.29 is 13.2 Å². The summed E-state index contributed by atoms with van der Waals surface area (Å²) in [6.07, 6.45) is 0. The van der Waals surface area contributed by atoms with E-state index < -0.39 is 10.0 Å². The second kappa shape index (κ2) is 6.17. The molecular weight excluding hydrogens is 322 g/mol. The van der Waals surface area contributed by atoms with Crippen molar-refractivity contribution in [3.05, 3.63) is 65.7 Å². The largest absolute Gasteiger partial charge is 0.496 e. The molecule has 0 aliphatic carbocycles. The van der Waals surface area contributed by atoms with Crippen molar-refractivity contribution in [2.45, 2.75) is 18.7 Å². The quantitative estimate of drug-likeness (QED) is 0.771. The molecule has 0 spiro atoms. The molecule has 0 heterocycles. The van der Waals surface area contributed by atoms with E-state index in [2.05, 4.69) is 4.72 Å². The fourth-order valence-electron chi connectivity index (χ4n) is 2.74. The Morgan fingerprint density at radius 1 is 0.875 bits per heavy atom. The third-order valence-corrected chi connectivity index (χ3v) is 5.51. The summed E-state index contributed by atoms with van der Waals surface area (Å²) in [5.74, 6) is 0.678. The minimum atomic E-state index is -3.67. The van der Waals surface area contributed by atoms with Gasteiger partial charge in [0.15, 0.2) is 0 Å². The number of ether oxygens (including phenoxy) is 1. The maximum absolute atomic E-state index is 12.8. The maximum Gasteiger partial charge on any atom is 0.262 e. The molecule has 5 heteroatoms. The predicted molar refractivity (Wildman–Crippen MR) is 97.2 cm³/mol. The van der Waals surface area contributed by atoms with Crippen molar-refractivity contribution in [2.75, 3.05) is 11.8 Å². The third kappa shape index (κ3) is 3.08. The number of hydrogen-bond donors (Lipinski definition) is 1. The molecule has 0 bridgehead atoms. The van der Waals surface area contributed by atoms with Crippen molar-refractivity contribution in [3.8, 4) is 5.75 Å². The predicted octanol–water partition coefficient (Wildman–Crippen LogP) is 4.27. The topological polar surface area (TPSA) is 55.4 Å². The molecule has 0 radical (unpaired) electrons.